The third kappa shape index (κ3) is 2.34. The highest BCUT2D eigenvalue weighted by Gasteiger charge is 2.11. The molecule has 2 aromatic rings. The Balaban J connectivity index is 1.68. The summed E-state index contributed by atoms with van der Waals surface area (Å²) in [6, 6.07) is 4.17. The largest absolute Gasteiger partial charge is 0.346 e. The summed E-state index contributed by atoms with van der Waals surface area (Å²) in [6.07, 6.45) is 9.24. The molecule has 0 bridgehead atoms. The first kappa shape index (κ1) is 10.8. The van der Waals surface area contributed by atoms with E-state index in [1.54, 1.807) is 0 Å². The third-order valence-corrected chi connectivity index (χ3v) is 3.68. The van der Waals surface area contributed by atoms with Crippen molar-refractivity contribution < 1.29 is 0 Å². The number of nitrogens with zero attached hydrogens (tertiary/aromatic N) is 2. The van der Waals surface area contributed by atoms with Crippen molar-refractivity contribution in [2.45, 2.75) is 25.7 Å². The van der Waals surface area contributed by atoms with Gasteiger partial charge < -0.3 is 9.88 Å². The van der Waals surface area contributed by atoms with Crippen LogP contribution in [-0.4, -0.2) is 34.5 Å². The molecule has 90 valence electrons. The van der Waals surface area contributed by atoms with Crippen molar-refractivity contribution in [2.24, 2.45) is 0 Å². The number of piperidine rings is 1. The Morgan fingerprint density at radius 2 is 2.12 bits per heavy atom. The number of aromatic amines is 1. The number of nitrogens with one attached hydrogen (secondary N) is 1. The van der Waals surface area contributed by atoms with Crippen LogP contribution in [0, 0.1) is 0 Å². The Hall–Kier alpha value is -1.35. The lowest BCUT2D eigenvalue weighted by atomic mass is 10.1. The molecule has 3 nitrogen and oxygen atoms in total. The molecule has 17 heavy (non-hydrogen) atoms. The van der Waals surface area contributed by atoms with E-state index in [9.17, 15) is 0 Å². The minimum Gasteiger partial charge on any atom is -0.346 e. The normalized spacial score (nSPS) is 17.6. The average Bonchev–Trinajstić information content (AvgIpc) is 2.81. The van der Waals surface area contributed by atoms with Gasteiger partial charge in [-0.25, -0.2) is 4.98 Å². The van der Waals surface area contributed by atoms with Crippen LogP contribution >= 0.6 is 0 Å². The first-order valence-corrected chi connectivity index (χ1v) is 6.57. The second-order valence-corrected chi connectivity index (χ2v) is 4.87. The molecule has 0 amide bonds. The molecule has 3 heterocycles. The maximum Gasteiger partial charge on any atom is 0.137 e. The summed E-state index contributed by atoms with van der Waals surface area (Å²) in [5.41, 5.74) is 2.42. The molecule has 1 aliphatic rings. The van der Waals surface area contributed by atoms with Gasteiger partial charge in [-0.05, 0) is 50.0 Å². The van der Waals surface area contributed by atoms with Crippen molar-refractivity contribution in [3.63, 3.8) is 0 Å². The van der Waals surface area contributed by atoms with Crippen molar-refractivity contribution in [1.29, 1.82) is 0 Å². The molecule has 0 atom stereocenters. The van der Waals surface area contributed by atoms with Gasteiger partial charge in [0.25, 0.3) is 0 Å². The lowest BCUT2D eigenvalue weighted by molar-refractivity contribution is 0.231. The Kier molecular flexibility index (Phi) is 3.10. The van der Waals surface area contributed by atoms with Gasteiger partial charge >= 0.3 is 0 Å². The molecule has 0 radical (unpaired) electrons. The van der Waals surface area contributed by atoms with Crippen LogP contribution in [0.3, 0.4) is 0 Å². The SMILES string of the molecule is c1cnc2[nH]cc(CCN3CCCCC3)c2c1. The molecule has 1 fully saturated rings. The minimum absolute atomic E-state index is 1.01. The van der Waals surface area contributed by atoms with E-state index in [1.165, 1.54) is 49.8 Å². The molecule has 0 unspecified atom stereocenters. The quantitative estimate of drug-likeness (QED) is 0.877. The zero-order valence-corrected chi connectivity index (χ0v) is 10.2. The number of likely N-dealkylation sites (tertiary alicyclic amines) is 1. The summed E-state index contributed by atoms with van der Waals surface area (Å²) in [5, 5.41) is 1.28. The van der Waals surface area contributed by atoms with E-state index < -0.39 is 0 Å². The van der Waals surface area contributed by atoms with Crippen LogP contribution in [0.5, 0.6) is 0 Å². The molecule has 3 rings (SSSR count). The highest BCUT2D eigenvalue weighted by molar-refractivity contribution is 5.79. The average molecular weight is 229 g/mol. The first-order chi connectivity index (χ1) is 8.43. The van der Waals surface area contributed by atoms with Crippen LogP contribution in [0.15, 0.2) is 24.5 Å². The smallest absolute Gasteiger partial charge is 0.137 e. The summed E-state index contributed by atoms with van der Waals surface area (Å²) in [4.78, 5) is 10.2. The minimum atomic E-state index is 1.01. The maximum atomic E-state index is 4.33. The fourth-order valence-corrected chi connectivity index (χ4v) is 2.68. The Labute approximate surface area is 102 Å². The Morgan fingerprint density at radius 1 is 1.24 bits per heavy atom. The van der Waals surface area contributed by atoms with Gasteiger partial charge in [0.2, 0.25) is 0 Å². The van der Waals surface area contributed by atoms with Gasteiger partial charge in [-0.3, -0.25) is 0 Å². The van der Waals surface area contributed by atoms with Crippen LogP contribution < -0.4 is 0 Å². The second-order valence-electron chi connectivity index (χ2n) is 4.87. The summed E-state index contributed by atoms with van der Waals surface area (Å²) in [6.45, 7) is 3.74. The highest BCUT2D eigenvalue weighted by Crippen LogP contribution is 2.17. The van der Waals surface area contributed by atoms with Gasteiger partial charge in [-0.15, -0.1) is 0 Å². The van der Waals surface area contributed by atoms with E-state index >= 15 is 0 Å². The number of hydrogen-bond donors (Lipinski definition) is 1. The zero-order chi connectivity index (χ0) is 11.5. The molecule has 2 aromatic heterocycles. The van der Waals surface area contributed by atoms with Crippen molar-refractivity contribution in [3.8, 4) is 0 Å². The topological polar surface area (TPSA) is 31.9 Å². The molecule has 0 aromatic carbocycles. The molecule has 0 spiro atoms. The number of hydrogen-bond acceptors (Lipinski definition) is 2. The van der Waals surface area contributed by atoms with Crippen LogP contribution in [0.2, 0.25) is 0 Å². The lowest BCUT2D eigenvalue weighted by Gasteiger charge is -2.26. The third-order valence-electron chi connectivity index (χ3n) is 3.68. The van der Waals surface area contributed by atoms with E-state index in [1.807, 2.05) is 12.3 Å². The second kappa shape index (κ2) is 4.88. The number of aromatic nitrogens is 2. The summed E-state index contributed by atoms with van der Waals surface area (Å²) in [5.74, 6) is 0. The molecule has 1 saturated heterocycles. The van der Waals surface area contributed by atoms with Gasteiger partial charge in [0.1, 0.15) is 5.65 Å². The Morgan fingerprint density at radius 3 is 3.00 bits per heavy atom. The summed E-state index contributed by atoms with van der Waals surface area (Å²) < 4.78 is 0. The van der Waals surface area contributed by atoms with Crippen LogP contribution in [0.25, 0.3) is 11.0 Å². The fraction of sp³-hybridized carbons (Fsp3) is 0.500. The fourth-order valence-electron chi connectivity index (χ4n) is 2.68. The zero-order valence-electron chi connectivity index (χ0n) is 10.2. The van der Waals surface area contributed by atoms with Gasteiger partial charge in [0, 0.05) is 24.3 Å². The molecular weight excluding hydrogens is 210 g/mol. The van der Waals surface area contributed by atoms with Gasteiger partial charge in [-0.1, -0.05) is 6.42 Å². The number of H-pyrrole nitrogens is 1. The molecule has 0 aliphatic carbocycles. The molecule has 0 saturated carbocycles. The number of pyridine rings is 1. The van der Waals surface area contributed by atoms with Gasteiger partial charge in [0.15, 0.2) is 0 Å². The summed E-state index contributed by atoms with van der Waals surface area (Å²) >= 11 is 0. The number of rotatable bonds is 3. The molecule has 1 aliphatic heterocycles. The molecular formula is C14H19N3. The van der Waals surface area contributed by atoms with Crippen LogP contribution in [-0.2, 0) is 6.42 Å². The van der Waals surface area contributed by atoms with E-state index in [4.69, 9.17) is 0 Å². The van der Waals surface area contributed by atoms with E-state index in [-0.39, 0.29) is 0 Å². The lowest BCUT2D eigenvalue weighted by Crippen LogP contribution is -2.31. The Bertz CT molecular complexity index is 483. The van der Waals surface area contributed by atoms with Crippen LogP contribution in [0.1, 0.15) is 24.8 Å². The standard InChI is InChI=1S/C14H19N3/c1-2-8-17(9-3-1)10-6-12-11-16-14-13(12)5-4-7-15-14/h4-5,7,11H,1-3,6,8-10H2,(H,15,16). The number of fused-ring (bicyclic) bond motifs is 1. The van der Waals surface area contributed by atoms with Crippen molar-refractivity contribution in [3.05, 3.63) is 30.1 Å². The van der Waals surface area contributed by atoms with Crippen molar-refractivity contribution in [2.75, 3.05) is 19.6 Å². The van der Waals surface area contributed by atoms with Crippen molar-refractivity contribution >= 4 is 11.0 Å². The first-order valence-electron chi connectivity index (χ1n) is 6.57. The monoisotopic (exact) mass is 229 g/mol. The summed E-state index contributed by atoms with van der Waals surface area (Å²) in [7, 11) is 0. The van der Waals surface area contributed by atoms with E-state index in [2.05, 4.69) is 27.1 Å². The van der Waals surface area contributed by atoms with E-state index in [0.29, 0.717) is 0 Å². The predicted molar refractivity (Wildman–Crippen MR) is 70.1 cm³/mol. The van der Waals surface area contributed by atoms with Crippen molar-refractivity contribution in [1.82, 2.24) is 14.9 Å². The highest BCUT2D eigenvalue weighted by atomic mass is 15.1. The van der Waals surface area contributed by atoms with E-state index in [0.717, 1.165) is 12.1 Å². The molecule has 3 heteroatoms. The maximum absolute atomic E-state index is 4.33. The van der Waals surface area contributed by atoms with Crippen LogP contribution in [0.4, 0.5) is 0 Å². The predicted octanol–water partition coefficient (Wildman–Crippen LogP) is 2.59. The van der Waals surface area contributed by atoms with Gasteiger partial charge in [0.05, 0.1) is 0 Å². The van der Waals surface area contributed by atoms with Gasteiger partial charge in [-0.2, -0.15) is 0 Å². The molecule has 1 N–H and O–H groups in total.